The van der Waals surface area contributed by atoms with Crippen molar-refractivity contribution in [3.63, 3.8) is 0 Å². The molecule has 2 aliphatic heterocycles. The lowest BCUT2D eigenvalue weighted by atomic mass is 9.90. The van der Waals surface area contributed by atoms with Gasteiger partial charge in [-0.2, -0.15) is 9.78 Å². The number of halogens is 1. The topological polar surface area (TPSA) is 76.2 Å². The number of nitrogens with two attached hydrogens (primary N) is 1. The molecule has 0 aliphatic carbocycles. The predicted molar refractivity (Wildman–Crippen MR) is 103 cm³/mol. The van der Waals surface area contributed by atoms with Crippen LogP contribution in [0, 0.1) is 11.7 Å². The number of nitrogens with one attached hydrogen (secondary N) is 1. The Morgan fingerprint density at radius 1 is 1.44 bits per heavy atom. The fourth-order valence-electron chi connectivity index (χ4n) is 4.20. The van der Waals surface area contributed by atoms with E-state index in [-0.39, 0.29) is 11.7 Å². The Balaban J connectivity index is 1.63. The van der Waals surface area contributed by atoms with Crippen LogP contribution in [0.3, 0.4) is 0 Å². The van der Waals surface area contributed by atoms with Gasteiger partial charge >= 0.3 is 0 Å². The molecule has 144 valence electrons. The highest BCUT2D eigenvalue weighted by Crippen LogP contribution is 2.34. The Kier molecular flexibility index (Phi) is 4.63. The molecule has 0 bridgehead atoms. The smallest absolute Gasteiger partial charge is 0.256 e. The van der Waals surface area contributed by atoms with E-state index in [2.05, 4.69) is 29.2 Å². The number of anilines is 2. The van der Waals surface area contributed by atoms with Crippen LogP contribution in [0.1, 0.15) is 47.8 Å². The van der Waals surface area contributed by atoms with Crippen LogP contribution in [0.15, 0.2) is 18.2 Å². The second-order valence-electron chi connectivity index (χ2n) is 7.94. The molecule has 1 aromatic heterocycles. The van der Waals surface area contributed by atoms with E-state index in [9.17, 15) is 9.18 Å². The molecule has 1 aromatic carbocycles. The van der Waals surface area contributed by atoms with Gasteiger partial charge in [-0.3, -0.25) is 9.69 Å². The molecule has 0 saturated heterocycles. The first kappa shape index (κ1) is 18.0. The second kappa shape index (κ2) is 6.96. The quantitative estimate of drug-likeness (QED) is 0.868. The van der Waals surface area contributed by atoms with E-state index in [0.29, 0.717) is 30.3 Å². The average Bonchev–Trinajstić information content (AvgIpc) is 2.96. The summed E-state index contributed by atoms with van der Waals surface area (Å²) in [5.74, 6) is 0.0646. The lowest BCUT2D eigenvalue weighted by molar-refractivity contribution is 0.0858. The van der Waals surface area contributed by atoms with Crippen LogP contribution in [-0.2, 0) is 13.0 Å². The van der Waals surface area contributed by atoms with E-state index < -0.39 is 5.92 Å². The van der Waals surface area contributed by atoms with Crippen molar-refractivity contribution in [2.24, 2.45) is 5.92 Å². The lowest BCUT2D eigenvalue weighted by Gasteiger charge is -2.27. The van der Waals surface area contributed by atoms with Gasteiger partial charge in [-0.25, -0.2) is 4.39 Å². The van der Waals surface area contributed by atoms with Gasteiger partial charge in [0, 0.05) is 37.4 Å². The zero-order valence-electron chi connectivity index (χ0n) is 15.8. The van der Waals surface area contributed by atoms with Crippen molar-refractivity contribution in [2.45, 2.75) is 39.2 Å². The summed E-state index contributed by atoms with van der Waals surface area (Å²) in [5.41, 5.74) is 9.66. The van der Waals surface area contributed by atoms with E-state index in [1.54, 1.807) is 6.07 Å². The van der Waals surface area contributed by atoms with Gasteiger partial charge in [0.05, 0.1) is 11.6 Å². The average molecular weight is 371 g/mol. The van der Waals surface area contributed by atoms with Gasteiger partial charge in [0.1, 0.15) is 11.6 Å². The van der Waals surface area contributed by atoms with Crippen molar-refractivity contribution in [1.29, 1.82) is 0 Å². The van der Waals surface area contributed by atoms with Crippen molar-refractivity contribution in [1.82, 2.24) is 14.7 Å². The molecule has 0 saturated carbocycles. The Labute approximate surface area is 158 Å². The Bertz CT molecular complexity index is 875. The minimum Gasteiger partial charge on any atom is -0.385 e. The minimum absolute atomic E-state index is 0.175. The number of nitrogen functional groups attached to an aromatic ring is 1. The van der Waals surface area contributed by atoms with Gasteiger partial charge < -0.3 is 11.1 Å². The van der Waals surface area contributed by atoms with E-state index in [4.69, 9.17) is 5.73 Å². The molecule has 27 heavy (non-hydrogen) atoms. The van der Waals surface area contributed by atoms with Gasteiger partial charge in [0.25, 0.3) is 5.91 Å². The molecular formula is C20H26FN5O. The molecule has 2 aliphatic rings. The zero-order chi connectivity index (χ0) is 19.1. The Hall–Kier alpha value is -2.41. The lowest BCUT2D eigenvalue weighted by Crippen LogP contribution is -2.33. The number of hydrogen-bond donors (Lipinski definition) is 2. The highest BCUT2D eigenvalue weighted by Gasteiger charge is 2.32. The number of fused-ring (bicyclic) bond motifs is 2. The number of nitrogens with zero attached hydrogens (tertiary/aromatic N) is 3. The second-order valence-corrected chi connectivity index (χ2v) is 7.94. The van der Waals surface area contributed by atoms with Crippen LogP contribution in [0.2, 0.25) is 0 Å². The van der Waals surface area contributed by atoms with Crippen LogP contribution in [0.4, 0.5) is 15.9 Å². The van der Waals surface area contributed by atoms with Crippen molar-refractivity contribution in [3.05, 3.63) is 40.8 Å². The summed E-state index contributed by atoms with van der Waals surface area (Å²) in [6, 6.07) is 4.53. The van der Waals surface area contributed by atoms with Crippen molar-refractivity contribution in [3.8, 4) is 0 Å². The zero-order valence-corrected chi connectivity index (χ0v) is 15.8. The molecule has 1 unspecified atom stereocenters. The van der Waals surface area contributed by atoms with Crippen molar-refractivity contribution >= 4 is 17.4 Å². The van der Waals surface area contributed by atoms with Crippen LogP contribution >= 0.6 is 0 Å². The number of hydrogen-bond acceptors (Lipinski definition) is 5. The van der Waals surface area contributed by atoms with E-state index in [0.717, 1.165) is 43.0 Å². The third-order valence-corrected chi connectivity index (χ3v) is 5.43. The monoisotopic (exact) mass is 371 g/mol. The fourth-order valence-corrected chi connectivity index (χ4v) is 4.20. The van der Waals surface area contributed by atoms with Crippen LogP contribution in [-0.4, -0.2) is 40.2 Å². The van der Waals surface area contributed by atoms with Crippen molar-refractivity contribution in [2.75, 3.05) is 30.7 Å². The maximum absolute atomic E-state index is 13.8. The molecule has 0 spiro atoms. The Morgan fingerprint density at radius 3 is 3.04 bits per heavy atom. The molecule has 6 nitrogen and oxygen atoms in total. The molecule has 0 fully saturated rings. The molecule has 1 atom stereocenters. The van der Waals surface area contributed by atoms with E-state index in [1.165, 1.54) is 16.8 Å². The van der Waals surface area contributed by atoms with Gasteiger partial charge in [-0.15, -0.1) is 0 Å². The number of carbonyl (C=O) groups excluding carboxylic acids is 1. The first-order valence-electron chi connectivity index (χ1n) is 9.60. The van der Waals surface area contributed by atoms with Gasteiger partial charge in [0.2, 0.25) is 0 Å². The van der Waals surface area contributed by atoms with Crippen molar-refractivity contribution < 1.29 is 9.18 Å². The first-order valence-corrected chi connectivity index (χ1v) is 9.60. The molecule has 2 aromatic rings. The van der Waals surface area contributed by atoms with Gasteiger partial charge in [0.15, 0.2) is 0 Å². The summed E-state index contributed by atoms with van der Waals surface area (Å²) in [4.78, 5) is 15.6. The predicted octanol–water partition coefficient (Wildman–Crippen LogP) is 2.86. The molecule has 3 heterocycles. The highest BCUT2D eigenvalue weighted by molar-refractivity contribution is 5.90. The number of benzene rings is 1. The Morgan fingerprint density at radius 2 is 2.26 bits per heavy atom. The molecular weight excluding hydrogens is 345 g/mol. The van der Waals surface area contributed by atoms with Gasteiger partial charge in [-0.05, 0) is 42.5 Å². The van der Waals surface area contributed by atoms with Crippen LogP contribution < -0.4 is 11.1 Å². The largest absolute Gasteiger partial charge is 0.385 e. The highest BCUT2D eigenvalue weighted by atomic mass is 19.1. The summed E-state index contributed by atoms with van der Waals surface area (Å²) >= 11 is 0. The maximum atomic E-state index is 13.8. The number of aromatic nitrogens is 2. The molecule has 0 amide bonds. The summed E-state index contributed by atoms with van der Waals surface area (Å²) in [6.45, 7) is 7.70. The van der Waals surface area contributed by atoms with Gasteiger partial charge in [-0.1, -0.05) is 13.8 Å². The van der Waals surface area contributed by atoms with E-state index >= 15 is 0 Å². The van der Waals surface area contributed by atoms with E-state index in [1.807, 2.05) is 0 Å². The minimum atomic E-state index is -0.438. The molecule has 7 heteroatoms. The van der Waals surface area contributed by atoms with Crippen LogP contribution in [0.25, 0.3) is 0 Å². The summed E-state index contributed by atoms with van der Waals surface area (Å²) in [6.07, 6.45) is 1.40. The van der Waals surface area contributed by atoms with Crippen LogP contribution in [0.5, 0.6) is 0 Å². The fraction of sp³-hybridized carbons (Fsp3) is 0.500. The number of carbonyl (C=O) groups is 1. The standard InChI is InChI=1S/C20H26FN5O/c1-12(2)10-25-8-6-15-18(11-25)24-26(19(15)22)20(27)14-5-7-23-17-4-3-13(21)9-16(14)17/h3-4,9,12,14,23H,5-8,10-11,22H2,1-2H3. The summed E-state index contributed by atoms with van der Waals surface area (Å²) < 4.78 is 15.1. The third-order valence-electron chi connectivity index (χ3n) is 5.43. The maximum Gasteiger partial charge on any atom is 0.256 e. The SMILES string of the molecule is CC(C)CN1CCc2c(nn(C(=O)C3CCNc4ccc(F)cc43)c2N)C1. The summed E-state index contributed by atoms with van der Waals surface area (Å²) in [7, 11) is 0. The molecule has 0 radical (unpaired) electrons. The third kappa shape index (κ3) is 3.32. The summed E-state index contributed by atoms with van der Waals surface area (Å²) in [5, 5.41) is 7.79. The normalized spacial score (nSPS) is 19.5. The number of rotatable bonds is 3. The molecule has 3 N–H and O–H groups in total. The molecule has 4 rings (SSSR count). The first-order chi connectivity index (χ1) is 12.9.